The van der Waals surface area contributed by atoms with Gasteiger partial charge in [0.05, 0.1) is 0 Å². The molecule has 1 aromatic carbocycles. The smallest absolute Gasteiger partial charge is 0.0305 e. The molecule has 0 aliphatic rings. The second-order valence-electron chi connectivity index (χ2n) is 3.42. The molecule has 13 heavy (non-hydrogen) atoms. The van der Waals surface area contributed by atoms with E-state index in [1.807, 2.05) is 0 Å². The highest BCUT2D eigenvalue weighted by molar-refractivity contribution is 9.10. The number of rotatable bonds is 3. The highest BCUT2D eigenvalue weighted by Crippen LogP contribution is 2.25. The van der Waals surface area contributed by atoms with Crippen molar-refractivity contribution in [2.75, 3.05) is 0 Å². The topological polar surface area (TPSA) is 26.0 Å². The van der Waals surface area contributed by atoms with E-state index in [1.54, 1.807) is 0 Å². The largest absolute Gasteiger partial charge is 0.324 e. The normalized spacial score (nSPS) is 12.9. The van der Waals surface area contributed by atoms with E-state index in [4.69, 9.17) is 5.73 Å². The van der Waals surface area contributed by atoms with Crippen molar-refractivity contribution >= 4 is 15.9 Å². The van der Waals surface area contributed by atoms with Crippen molar-refractivity contribution in [3.05, 3.63) is 33.8 Å². The number of halogens is 1. The van der Waals surface area contributed by atoms with Crippen LogP contribution in [-0.4, -0.2) is 0 Å². The molecule has 0 spiro atoms. The minimum absolute atomic E-state index is 0.167. The van der Waals surface area contributed by atoms with Crippen LogP contribution in [0.1, 0.15) is 36.9 Å². The van der Waals surface area contributed by atoms with Crippen LogP contribution in [0.3, 0.4) is 0 Å². The van der Waals surface area contributed by atoms with Crippen LogP contribution in [0.2, 0.25) is 0 Å². The van der Waals surface area contributed by atoms with Crippen LogP contribution in [0.5, 0.6) is 0 Å². The average Bonchev–Trinajstić information content (AvgIpc) is 2.04. The van der Waals surface area contributed by atoms with Crippen molar-refractivity contribution in [3.63, 3.8) is 0 Å². The minimum Gasteiger partial charge on any atom is -0.324 e. The number of hydrogen-bond donors (Lipinski definition) is 1. The lowest BCUT2D eigenvalue weighted by Gasteiger charge is -2.13. The molecule has 2 heteroatoms. The molecule has 0 bridgehead atoms. The van der Waals surface area contributed by atoms with E-state index in [2.05, 4.69) is 48.0 Å². The molecule has 1 unspecified atom stereocenters. The monoisotopic (exact) mass is 241 g/mol. The summed E-state index contributed by atoms with van der Waals surface area (Å²) in [6.07, 6.45) is 2.17. The van der Waals surface area contributed by atoms with Gasteiger partial charge in [0.1, 0.15) is 0 Å². The molecule has 2 N–H and O–H groups in total. The third kappa shape index (κ3) is 2.82. The molecule has 1 aromatic rings. The first-order valence-electron chi connectivity index (χ1n) is 4.66. The SMILES string of the molecule is CCCC(N)c1ccc(C)cc1Br. The van der Waals surface area contributed by atoms with Crippen LogP contribution in [-0.2, 0) is 0 Å². The summed E-state index contributed by atoms with van der Waals surface area (Å²) in [6.45, 7) is 4.24. The quantitative estimate of drug-likeness (QED) is 0.861. The Morgan fingerprint density at radius 2 is 2.15 bits per heavy atom. The standard InChI is InChI=1S/C11H16BrN/c1-3-4-11(13)9-6-5-8(2)7-10(9)12/h5-7,11H,3-4,13H2,1-2H3. The van der Waals surface area contributed by atoms with E-state index in [1.165, 1.54) is 11.1 Å². The van der Waals surface area contributed by atoms with E-state index in [0.29, 0.717) is 0 Å². The van der Waals surface area contributed by atoms with Gasteiger partial charge in [-0.3, -0.25) is 0 Å². The Morgan fingerprint density at radius 1 is 1.46 bits per heavy atom. The van der Waals surface area contributed by atoms with Crippen LogP contribution in [0.4, 0.5) is 0 Å². The molecule has 1 atom stereocenters. The number of aryl methyl sites for hydroxylation is 1. The van der Waals surface area contributed by atoms with Gasteiger partial charge in [-0.2, -0.15) is 0 Å². The number of benzene rings is 1. The minimum atomic E-state index is 0.167. The molecule has 0 saturated heterocycles. The summed E-state index contributed by atoms with van der Waals surface area (Å²) in [6, 6.07) is 6.50. The van der Waals surface area contributed by atoms with Gasteiger partial charge in [0.25, 0.3) is 0 Å². The molecule has 0 aliphatic carbocycles. The van der Waals surface area contributed by atoms with Crippen molar-refractivity contribution in [2.45, 2.75) is 32.7 Å². The van der Waals surface area contributed by atoms with Gasteiger partial charge < -0.3 is 5.73 Å². The summed E-state index contributed by atoms with van der Waals surface area (Å²) in [5.74, 6) is 0. The van der Waals surface area contributed by atoms with Gasteiger partial charge in [0.2, 0.25) is 0 Å². The van der Waals surface area contributed by atoms with Gasteiger partial charge >= 0.3 is 0 Å². The Hall–Kier alpha value is -0.340. The zero-order valence-corrected chi connectivity index (χ0v) is 9.76. The van der Waals surface area contributed by atoms with Gasteiger partial charge in [-0.05, 0) is 30.5 Å². The number of hydrogen-bond acceptors (Lipinski definition) is 1. The van der Waals surface area contributed by atoms with Crippen LogP contribution in [0.15, 0.2) is 22.7 Å². The van der Waals surface area contributed by atoms with Crippen LogP contribution < -0.4 is 5.73 Å². The van der Waals surface area contributed by atoms with E-state index in [9.17, 15) is 0 Å². The molecular formula is C11H16BrN. The third-order valence-electron chi connectivity index (χ3n) is 2.16. The Bertz CT molecular complexity index is 283. The Balaban J connectivity index is 2.88. The highest BCUT2D eigenvalue weighted by atomic mass is 79.9. The molecule has 0 radical (unpaired) electrons. The molecule has 0 fully saturated rings. The van der Waals surface area contributed by atoms with E-state index in [0.717, 1.165) is 17.3 Å². The second kappa shape index (κ2) is 4.77. The van der Waals surface area contributed by atoms with Crippen molar-refractivity contribution in [2.24, 2.45) is 5.73 Å². The summed E-state index contributed by atoms with van der Waals surface area (Å²) in [7, 11) is 0. The first-order chi connectivity index (χ1) is 6.15. The van der Waals surface area contributed by atoms with Crippen molar-refractivity contribution in [3.8, 4) is 0 Å². The fraction of sp³-hybridized carbons (Fsp3) is 0.455. The maximum atomic E-state index is 6.03. The first kappa shape index (κ1) is 10.7. The van der Waals surface area contributed by atoms with Crippen LogP contribution in [0, 0.1) is 6.92 Å². The molecular weight excluding hydrogens is 226 g/mol. The van der Waals surface area contributed by atoms with Crippen molar-refractivity contribution < 1.29 is 0 Å². The van der Waals surface area contributed by atoms with Gasteiger partial charge in [-0.25, -0.2) is 0 Å². The summed E-state index contributed by atoms with van der Waals surface area (Å²) in [4.78, 5) is 0. The molecule has 0 aliphatic heterocycles. The molecule has 0 saturated carbocycles. The summed E-state index contributed by atoms with van der Waals surface area (Å²) in [5, 5.41) is 0. The van der Waals surface area contributed by atoms with Crippen LogP contribution in [0.25, 0.3) is 0 Å². The van der Waals surface area contributed by atoms with Crippen molar-refractivity contribution in [1.82, 2.24) is 0 Å². The Morgan fingerprint density at radius 3 is 2.69 bits per heavy atom. The fourth-order valence-corrected chi connectivity index (χ4v) is 2.19. The van der Waals surface area contributed by atoms with Gasteiger partial charge in [0, 0.05) is 10.5 Å². The molecule has 1 rings (SSSR count). The second-order valence-corrected chi connectivity index (χ2v) is 4.27. The lowest BCUT2D eigenvalue weighted by molar-refractivity contribution is 0.636. The zero-order chi connectivity index (χ0) is 9.84. The Kier molecular flexibility index (Phi) is 3.94. The molecule has 0 amide bonds. The summed E-state index contributed by atoms with van der Waals surface area (Å²) < 4.78 is 1.13. The van der Waals surface area contributed by atoms with E-state index < -0.39 is 0 Å². The van der Waals surface area contributed by atoms with E-state index in [-0.39, 0.29) is 6.04 Å². The lowest BCUT2D eigenvalue weighted by atomic mass is 10.0. The maximum Gasteiger partial charge on any atom is 0.0305 e. The Labute approximate surface area is 88.5 Å². The van der Waals surface area contributed by atoms with Crippen LogP contribution >= 0.6 is 15.9 Å². The number of nitrogens with two attached hydrogens (primary N) is 1. The van der Waals surface area contributed by atoms with Gasteiger partial charge in [0.15, 0.2) is 0 Å². The van der Waals surface area contributed by atoms with Crippen molar-refractivity contribution in [1.29, 1.82) is 0 Å². The molecule has 1 nitrogen and oxygen atoms in total. The predicted molar refractivity (Wildman–Crippen MR) is 60.7 cm³/mol. The average molecular weight is 242 g/mol. The summed E-state index contributed by atoms with van der Waals surface area (Å²) >= 11 is 3.54. The zero-order valence-electron chi connectivity index (χ0n) is 8.18. The highest BCUT2D eigenvalue weighted by Gasteiger charge is 2.08. The molecule has 72 valence electrons. The van der Waals surface area contributed by atoms with Gasteiger partial charge in [-0.1, -0.05) is 41.4 Å². The third-order valence-corrected chi connectivity index (χ3v) is 2.84. The predicted octanol–water partition coefficient (Wildman–Crippen LogP) is 3.56. The van der Waals surface area contributed by atoms with E-state index >= 15 is 0 Å². The molecule has 0 heterocycles. The molecule has 0 aromatic heterocycles. The van der Waals surface area contributed by atoms with Gasteiger partial charge in [-0.15, -0.1) is 0 Å². The first-order valence-corrected chi connectivity index (χ1v) is 5.46. The maximum absolute atomic E-state index is 6.03. The summed E-state index contributed by atoms with van der Waals surface area (Å²) in [5.41, 5.74) is 8.50. The fourth-order valence-electron chi connectivity index (χ4n) is 1.40. The lowest BCUT2D eigenvalue weighted by Crippen LogP contribution is -2.10.